The minimum absolute atomic E-state index is 0.0293. The van der Waals surface area contributed by atoms with Crippen molar-refractivity contribution in [1.29, 1.82) is 0 Å². The molecule has 0 amide bonds. The van der Waals surface area contributed by atoms with Crippen molar-refractivity contribution in [2.24, 2.45) is 5.92 Å². The third-order valence-corrected chi connectivity index (χ3v) is 6.03. The van der Waals surface area contributed by atoms with Crippen LogP contribution >= 0.6 is 0 Å². The highest BCUT2D eigenvalue weighted by atomic mass is 19.3. The number of aromatic nitrogens is 3. The molecule has 9 heteroatoms. The van der Waals surface area contributed by atoms with Crippen molar-refractivity contribution >= 4 is 5.95 Å². The number of nitrogens with one attached hydrogen (secondary N) is 1. The first kappa shape index (κ1) is 20.8. The van der Waals surface area contributed by atoms with Gasteiger partial charge in [-0.05, 0) is 56.3 Å². The molecule has 1 N–H and O–H groups in total. The number of nitrogens with zero attached hydrogens (tertiary/aromatic N) is 4. The van der Waals surface area contributed by atoms with Crippen LogP contribution in [0.3, 0.4) is 0 Å². The zero-order chi connectivity index (χ0) is 21.1. The molecule has 1 aromatic carbocycles. The van der Waals surface area contributed by atoms with Crippen LogP contribution in [-0.2, 0) is 6.54 Å². The van der Waals surface area contributed by atoms with Crippen LogP contribution in [0.15, 0.2) is 24.5 Å². The van der Waals surface area contributed by atoms with E-state index in [1.807, 2.05) is 19.1 Å². The average Bonchev–Trinajstić information content (AvgIpc) is 3.23. The molecule has 30 heavy (non-hydrogen) atoms. The molecule has 2 aliphatic heterocycles. The van der Waals surface area contributed by atoms with Crippen LogP contribution in [0.1, 0.15) is 37.8 Å². The van der Waals surface area contributed by atoms with Crippen LogP contribution < -0.4 is 14.8 Å². The number of ether oxygens (including phenoxy) is 2. The van der Waals surface area contributed by atoms with Gasteiger partial charge >= 0.3 is 0 Å². The Hall–Kier alpha value is -2.42. The molecule has 0 unspecified atom stereocenters. The average molecular weight is 421 g/mol. The summed E-state index contributed by atoms with van der Waals surface area (Å²) in [4.78, 5) is 6.52. The van der Waals surface area contributed by atoms with Crippen molar-refractivity contribution in [2.75, 3.05) is 32.1 Å². The van der Waals surface area contributed by atoms with Crippen molar-refractivity contribution in [2.45, 2.75) is 51.2 Å². The first-order valence-corrected chi connectivity index (χ1v) is 10.5. The maximum Gasteiger partial charge on any atom is 0.260 e. The van der Waals surface area contributed by atoms with E-state index in [1.165, 1.54) is 11.0 Å². The lowest BCUT2D eigenvalue weighted by Crippen LogP contribution is -2.46. The number of fused-ring (bicyclic) bond motifs is 1. The van der Waals surface area contributed by atoms with Crippen LogP contribution in [0.25, 0.3) is 0 Å². The number of benzene rings is 1. The summed E-state index contributed by atoms with van der Waals surface area (Å²) in [6.07, 6.45) is 1.32. The molecule has 2 aliphatic rings. The zero-order valence-corrected chi connectivity index (χ0v) is 17.4. The van der Waals surface area contributed by atoms with Gasteiger partial charge in [-0.1, -0.05) is 6.07 Å². The van der Waals surface area contributed by atoms with Crippen LogP contribution in [0.2, 0.25) is 0 Å². The van der Waals surface area contributed by atoms with E-state index in [0.29, 0.717) is 19.0 Å². The number of methoxy groups -OCH3 is 1. The van der Waals surface area contributed by atoms with Crippen LogP contribution in [0.4, 0.5) is 14.7 Å². The van der Waals surface area contributed by atoms with Gasteiger partial charge in [0, 0.05) is 19.1 Å². The molecule has 0 radical (unpaired) electrons. The highest BCUT2D eigenvalue weighted by Gasteiger charge is 2.38. The Morgan fingerprint density at radius 3 is 2.93 bits per heavy atom. The SMILES string of the molecule is CCOc1ccc(CN2CCC[C@H]([C@@H]3C[C@H](C(F)F)n4ncnc4N3)C2)cc1OC. The smallest absolute Gasteiger partial charge is 0.260 e. The first-order chi connectivity index (χ1) is 14.6. The molecule has 1 saturated heterocycles. The molecule has 3 heterocycles. The molecule has 0 saturated carbocycles. The second-order valence-corrected chi connectivity index (χ2v) is 7.97. The molecule has 0 spiro atoms. The van der Waals surface area contributed by atoms with Crippen molar-refractivity contribution in [3.8, 4) is 11.5 Å². The minimum atomic E-state index is -2.45. The summed E-state index contributed by atoms with van der Waals surface area (Å²) in [7, 11) is 1.64. The number of likely N-dealkylation sites (tertiary alicyclic amines) is 1. The van der Waals surface area contributed by atoms with E-state index < -0.39 is 12.5 Å². The van der Waals surface area contributed by atoms with E-state index >= 15 is 0 Å². The molecule has 0 aliphatic carbocycles. The predicted molar refractivity (Wildman–Crippen MR) is 109 cm³/mol. The standard InChI is InChI=1S/C21H29F2N5O2/c1-3-30-18-7-6-14(9-19(18)29-2)11-27-8-4-5-15(12-27)16-10-17(20(22)23)28-21(26-16)24-13-25-28/h6-7,9,13,15-17,20H,3-5,8,10-12H2,1-2H3,(H,24,25,26)/t15-,16-,17+/m0/s1. The molecule has 0 bridgehead atoms. The van der Waals surface area contributed by atoms with Crippen LogP contribution in [0.5, 0.6) is 11.5 Å². The molecule has 164 valence electrons. The predicted octanol–water partition coefficient (Wildman–Crippen LogP) is 3.59. The van der Waals surface area contributed by atoms with E-state index in [1.54, 1.807) is 7.11 Å². The van der Waals surface area contributed by atoms with Crippen molar-refractivity contribution in [3.63, 3.8) is 0 Å². The van der Waals surface area contributed by atoms with E-state index in [0.717, 1.165) is 49.5 Å². The van der Waals surface area contributed by atoms with Gasteiger partial charge in [0.1, 0.15) is 12.4 Å². The Labute approximate surface area is 175 Å². The zero-order valence-electron chi connectivity index (χ0n) is 17.4. The fourth-order valence-corrected chi connectivity index (χ4v) is 4.61. The third-order valence-electron chi connectivity index (χ3n) is 6.03. The lowest BCUT2D eigenvalue weighted by atomic mass is 9.86. The number of hydrogen-bond donors (Lipinski definition) is 1. The number of anilines is 1. The second kappa shape index (κ2) is 9.16. The number of hydrogen-bond acceptors (Lipinski definition) is 6. The monoisotopic (exact) mass is 421 g/mol. The van der Waals surface area contributed by atoms with E-state index in [9.17, 15) is 8.78 Å². The lowest BCUT2D eigenvalue weighted by molar-refractivity contribution is 0.0550. The highest BCUT2D eigenvalue weighted by molar-refractivity contribution is 5.43. The summed E-state index contributed by atoms with van der Waals surface area (Å²) in [6, 6.07) is 5.08. The molecule has 1 fully saturated rings. The first-order valence-electron chi connectivity index (χ1n) is 10.5. The third kappa shape index (κ3) is 4.35. The largest absolute Gasteiger partial charge is 0.493 e. The quantitative estimate of drug-likeness (QED) is 0.737. The Morgan fingerprint density at radius 1 is 1.30 bits per heavy atom. The van der Waals surface area contributed by atoms with Gasteiger partial charge in [-0.3, -0.25) is 4.90 Å². The van der Waals surface area contributed by atoms with Crippen LogP contribution in [0, 0.1) is 5.92 Å². The molecule has 3 atom stereocenters. The molecular formula is C21H29F2N5O2. The van der Waals surface area contributed by atoms with Gasteiger partial charge in [-0.2, -0.15) is 10.1 Å². The normalized spacial score (nSPS) is 24.4. The van der Waals surface area contributed by atoms with Crippen molar-refractivity contribution in [3.05, 3.63) is 30.1 Å². The lowest BCUT2D eigenvalue weighted by Gasteiger charge is -2.40. The van der Waals surface area contributed by atoms with Gasteiger partial charge < -0.3 is 14.8 Å². The summed E-state index contributed by atoms with van der Waals surface area (Å²) >= 11 is 0. The van der Waals surface area contributed by atoms with Crippen molar-refractivity contribution in [1.82, 2.24) is 19.7 Å². The van der Waals surface area contributed by atoms with Gasteiger partial charge in [-0.25, -0.2) is 13.5 Å². The highest BCUT2D eigenvalue weighted by Crippen LogP contribution is 2.35. The summed E-state index contributed by atoms with van der Waals surface area (Å²) in [5.41, 5.74) is 1.15. The van der Waals surface area contributed by atoms with Gasteiger partial charge in [0.15, 0.2) is 11.5 Å². The van der Waals surface area contributed by atoms with Gasteiger partial charge in [0.2, 0.25) is 5.95 Å². The number of piperidine rings is 1. The Balaban J connectivity index is 1.43. The molecule has 7 nitrogen and oxygen atoms in total. The number of rotatable bonds is 7. The van der Waals surface area contributed by atoms with E-state index in [2.05, 4.69) is 26.4 Å². The summed E-state index contributed by atoms with van der Waals surface area (Å²) in [5, 5.41) is 7.33. The van der Waals surface area contributed by atoms with Gasteiger partial charge in [0.05, 0.1) is 13.7 Å². The minimum Gasteiger partial charge on any atom is -0.493 e. The number of halogens is 2. The summed E-state index contributed by atoms with van der Waals surface area (Å²) < 4.78 is 39.6. The summed E-state index contributed by atoms with van der Waals surface area (Å²) in [5.74, 6) is 2.21. The maximum atomic E-state index is 13.6. The van der Waals surface area contributed by atoms with Gasteiger partial charge in [0.25, 0.3) is 6.43 Å². The van der Waals surface area contributed by atoms with E-state index in [4.69, 9.17) is 9.47 Å². The second-order valence-electron chi connectivity index (χ2n) is 7.97. The molecular weight excluding hydrogens is 392 g/mol. The molecule has 1 aromatic heterocycles. The maximum absolute atomic E-state index is 13.6. The van der Waals surface area contributed by atoms with E-state index in [-0.39, 0.29) is 12.0 Å². The molecule has 2 aromatic rings. The number of alkyl halides is 2. The fraction of sp³-hybridized carbons (Fsp3) is 0.619. The Bertz CT molecular complexity index is 847. The van der Waals surface area contributed by atoms with Gasteiger partial charge in [-0.15, -0.1) is 0 Å². The topological polar surface area (TPSA) is 64.4 Å². The summed E-state index contributed by atoms with van der Waals surface area (Å²) in [6.45, 7) is 5.18. The fourth-order valence-electron chi connectivity index (χ4n) is 4.61. The van der Waals surface area contributed by atoms with Crippen molar-refractivity contribution < 1.29 is 18.3 Å². The van der Waals surface area contributed by atoms with Crippen LogP contribution in [-0.4, -0.2) is 58.9 Å². The Morgan fingerprint density at radius 2 is 2.17 bits per heavy atom. The Kier molecular flexibility index (Phi) is 6.36. The molecule has 4 rings (SSSR count).